The van der Waals surface area contributed by atoms with Crippen LogP contribution in [0.15, 0.2) is 0 Å². The molecule has 8 heteroatoms. The maximum atomic E-state index is 11.1. The number of nitrogens with zero attached hydrogens (tertiary/aromatic N) is 2. The largest absolute Gasteiger partial charge is 0.417 e. The van der Waals surface area contributed by atoms with Gasteiger partial charge in [0.15, 0.2) is 0 Å². The standard InChI is InChI=1S/C6H10N2O4S.Na/c9-13(10)11-6-2-1-5-3-7(6)4-8(5)12-13;/h5-6H,1-4H2;. The van der Waals surface area contributed by atoms with Crippen molar-refractivity contribution in [2.24, 2.45) is 0 Å². The van der Waals surface area contributed by atoms with Gasteiger partial charge in [0.05, 0.1) is 12.7 Å². The Balaban J connectivity index is 0.000000750. The molecule has 75 valence electrons. The van der Waals surface area contributed by atoms with Gasteiger partial charge in [-0.3, -0.25) is 4.90 Å². The predicted octanol–water partition coefficient (Wildman–Crippen LogP) is -1.12. The van der Waals surface area contributed by atoms with E-state index in [9.17, 15) is 8.42 Å². The maximum absolute atomic E-state index is 11.1. The molecule has 14 heavy (non-hydrogen) atoms. The van der Waals surface area contributed by atoms with E-state index in [2.05, 4.69) is 0 Å². The molecule has 3 fully saturated rings. The van der Waals surface area contributed by atoms with Gasteiger partial charge in [0.2, 0.25) is 0 Å². The SMILES string of the molecule is O=S1(=O)OC2CCC3CN2CN3O1.[Na]. The van der Waals surface area contributed by atoms with E-state index in [0.717, 1.165) is 19.4 Å². The van der Waals surface area contributed by atoms with Gasteiger partial charge in [0.25, 0.3) is 0 Å². The number of rotatable bonds is 0. The van der Waals surface area contributed by atoms with Gasteiger partial charge in [-0.2, -0.15) is 17.8 Å². The predicted molar refractivity (Wildman–Crippen MR) is 47.1 cm³/mol. The van der Waals surface area contributed by atoms with Gasteiger partial charge in [-0.25, -0.2) is 4.18 Å². The van der Waals surface area contributed by atoms with E-state index in [4.69, 9.17) is 8.47 Å². The Morgan fingerprint density at radius 2 is 2.07 bits per heavy atom. The molecule has 0 amide bonds. The summed E-state index contributed by atoms with van der Waals surface area (Å²) in [7, 11) is -3.80. The van der Waals surface area contributed by atoms with Crippen LogP contribution >= 0.6 is 0 Å². The Bertz CT molecular complexity index is 325. The molecule has 3 aliphatic rings. The normalized spacial score (nSPS) is 48.3. The van der Waals surface area contributed by atoms with E-state index in [-0.39, 0.29) is 41.8 Å². The fraction of sp³-hybridized carbons (Fsp3) is 1.00. The molecule has 3 aliphatic heterocycles. The third kappa shape index (κ3) is 1.76. The van der Waals surface area contributed by atoms with Crippen LogP contribution in [0.1, 0.15) is 12.8 Å². The van der Waals surface area contributed by atoms with E-state index < -0.39 is 10.4 Å². The van der Waals surface area contributed by atoms with E-state index >= 15 is 0 Å². The van der Waals surface area contributed by atoms with Crippen LogP contribution in [0.5, 0.6) is 0 Å². The van der Waals surface area contributed by atoms with Crippen molar-refractivity contribution >= 4 is 40.0 Å². The van der Waals surface area contributed by atoms with Crippen molar-refractivity contribution in [1.29, 1.82) is 0 Å². The smallest absolute Gasteiger partial charge is 0.260 e. The first kappa shape index (κ1) is 11.3. The van der Waals surface area contributed by atoms with Crippen molar-refractivity contribution < 1.29 is 16.9 Å². The van der Waals surface area contributed by atoms with Crippen LogP contribution in [0.3, 0.4) is 0 Å². The third-order valence-corrected chi connectivity index (χ3v) is 3.58. The molecule has 0 saturated carbocycles. The molecule has 3 saturated heterocycles. The Labute approximate surface area is 105 Å². The van der Waals surface area contributed by atoms with Gasteiger partial charge < -0.3 is 0 Å². The second-order valence-electron chi connectivity index (χ2n) is 3.59. The summed E-state index contributed by atoms with van der Waals surface area (Å²) < 4.78 is 31.9. The van der Waals surface area contributed by atoms with Crippen LogP contribution in [0.2, 0.25) is 0 Å². The monoisotopic (exact) mass is 229 g/mol. The van der Waals surface area contributed by atoms with Crippen LogP contribution in [0.4, 0.5) is 0 Å². The number of hydrogen-bond acceptors (Lipinski definition) is 6. The van der Waals surface area contributed by atoms with Gasteiger partial charge in [0, 0.05) is 36.1 Å². The Morgan fingerprint density at radius 1 is 1.29 bits per heavy atom. The number of fused-ring (bicyclic) bond motifs is 3. The molecule has 0 aliphatic carbocycles. The summed E-state index contributed by atoms with van der Waals surface area (Å²) in [6, 6.07) is 0.218. The third-order valence-electron chi connectivity index (χ3n) is 2.74. The minimum Gasteiger partial charge on any atom is -0.260 e. The molecule has 4 atom stereocenters. The summed E-state index contributed by atoms with van der Waals surface area (Å²) in [5.41, 5.74) is 0. The van der Waals surface area contributed by atoms with Crippen molar-refractivity contribution in [2.45, 2.75) is 25.1 Å². The molecule has 0 spiro atoms. The minimum atomic E-state index is -3.80. The van der Waals surface area contributed by atoms with Crippen LogP contribution in [-0.4, -0.2) is 73.4 Å². The van der Waals surface area contributed by atoms with E-state index in [1.165, 1.54) is 5.06 Å². The van der Waals surface area contributed by atoms with Crippen molar-refractivity contribution in [3.63, 3.8) is 0 Å². The summed E-state index contributed by atoms with van der Waals surface area (Å²) >= 11 is 0. The molecule has 4 unspecified atom stereocenters. The first-order valence-electron chi connectivity index (χ1n) is 4.27. The quantitative estimate of drug-likeness (QED) is 0.490. The van der Waals surface area contributed by atoms with Gasteiger partial charge in [-0.1, -0.05) is 0 Å². The maximum Gasteiger partial charge on any atom is 0.417 e. The Kier molecular flexibility index (Phi) is 2.96. The molecule has 3 bridgehead atoms. The number of hydroxylamine groups is 2. The number of piperidine rings is 1. The molecule has 3 heterocycles. The van der Waals surface area contributed by atoms with E-state index in [1.54, 1.807) is 0 Å². The summed E-state index contributed by atoms with van der Waals surface area (Å²) in [5.74, 6) is 0. The van der Waals surface area contributed by atoms with Gasteiger partial charge in [-0.05, 0) is 12.8 Å². The van der Waals surface area contributed by atoms with Crippen molar-refractivity contribution in [1.82, 2.24) is 9.96 Å². The van der Waals surface area contributed by atoms with Gasteiger partial charge in [0.1, 0.15) is 6.23 Å². The first-order valence-corrected chi connectivity index (χ1v) is 5.61. The average molecular weight is 229 g/mol. The molecule has 0 N–H and O–H groups in total. The van der Waals surface area contributed by atoms with Crippen LogP contribution in [0, 0.1) is 0 Å². The molecular formula is C6H10N2NaO4S. The van der Waals surface area contributed by atoms with Crippen molar-refractivity contribution in [3.05, 3.63) is 0 Å². The van der Waals surface area contributed by atoms with Crippen LogP contribution in [-0.2, 0) is 18.9 Å². The summed E-state index contributed by atoms with van der Waals surface area (Å²) in [5, 5.41) is 1.50. The molecule has 6 nitrogen and oxygen atoms in total. The summed E-state index contributed by atoms with van der Waals surface area (Å²) in [4.78, 5) is 1.98. The fourth-order valence-electron chi connectivity index (χ4n) is 2.14. The Morgan fingerprint density at radius 3 is 2.86 bits per heavy atom. The molecular weight excluding hydrogens is 219 g/mol. The zero-order chi connectivity index (χ0) is 9.05. The molecule has 0 aromatic heterocycles. The average Bonchev–Trinajstić information content (AvgIpc) is 2.25. The van der Waals surface area contributed by atoms with Crippen LogP contribution < -0.4 is 0 Å². The van der Waals surface area contributed by atoms with Crippen molar-refractivity contribution in [2.75, 3.05) is 13.2 Å². The molecule has 0 aromatic rings. The van der Waals surface area contributed by atoms with Gasteiger partial charge in [-0.15, -0.1) is 0 Å². The molecule has 0 aromatic carbocycles. The first-order chi connectivity index (χ1) is 6.14. The van der Waals surface area contributed by atoms with E-state index in [1.807, 2.05) is 4.90 Å². The van der Waals surface area contributed by atoms with Crippen LogP contribution in [0.25, 0.3) is 0 Å². The topological polar surface area (TPSA) is 59.1 Å². The van der Waals surface area contributed by atoms with Gasteiger partial charge >= 0.3 is 10.4 Å². The minimum absolute atomic E-state index is 0. The van der Waals surface area contributed by atoms with E-state index in [0.29, 0.717) is 6.67 Å². The van der Waals surface area contributed by atoms with Crippen molar-refractivity contribution in [3.8, 4) is 0 Å². The zero-order valence-corrected chi connectivity index (χ0v) is 10.7. The second-order valence-corrected chi connectivity index (χ2v) is 4.75. The second kappa shape index (κ2) is 3.67. The molecule has 3 rings (SSSR count). The molecule has 1 radical (unpaired) electrons. The number of hydrogen-bond donors (Lipinski definition) is 0. The summed E-state index contributed by atoms with van der Waals surface area (Å²) in [6.45, 7) is 1.38. The zero-order valence-electron chi connectivity index (χ0n) is 7.92. The summed E-state index contributed by atoms with van der Waals surface area (Å²) in [6.07, 6.45) is 1.40. The Hall–Kier alpha value is 0.790. The fourth-order valence-corrected chi connectivity index (χ4v) is 3.07.